The third kappa shape index (κ3) is 3.11. The van der Waals surface area contributed by atoms with Gasteiger partial charge in [-0.1, -0.05) is 12.1 Å². The number of rotatable bonds is 5. The molecule has 134 valence electrons. The number of aryl methyl sites for hydroxylation is 1. The van der Waals surface area contributed by atoms with Gasteiger partial charge >= 0.3 is 0 Å². The molecule has 26 heavy (non-hydrogen) atoms. The molecule has 0 bridgehead atoms. The van der Waals surface area contributed by atoms with E-state index in [1.807, 2.05) is 19.1 Å². The van der Waals surface area contributed by atoms with E-state index in [0.717, 1.165) is 0 Å². The van der Waals surface area contributed by atoms with Crippen molar-refractivity contribution >= 4 is 22.5 Å². The Balaban J connectivity index is 2.01. The molecule has 1 amide bonds. The molecule has 0 fully saturated rings. The number of benzene rings is 2. The highest BCUT2D eigenvalue weighted by molar-refractivity contribution is 6.04. The van der Waals surface area contributed by atoms with Gasteiger partial charge in [0.05, 0.1) is 19.7 Å². The zero-order valence-electron chi connectivity index (χ0n) is 14.8. The first-order valence-corrected chi connectivity index (χ1v) is 8.12. The fourth-order valence-corrected chi connectivity index (χ4v) is 2.73. The third-order valence-corrected chi connectivity index (χ3v) is 4.02. The second-order valence-electron chi connectivity index (χ2n) is 5.53. The first-order chi connectivity index (χ1) is 12.6. The van der Waals surface area contributed by atoms with Gasteiger partial charge in [0.2, 0.25) is 5.43 Å². The van der Waals surface area contributed by atoms with E-state index in [1.54, 1.807) is 35.0 Å². The van der Waals surface area contributed by atoms with Gasteiger partial charge in [-0.05, 0) is 31.2 Å². The van der Waals surface area contributed by atoms with Crippen LogP contribution >= 0.6 is 0 Å². The minimum atomic E-state index is -0.574. The van der Waals surface area contributed by atoms with E-state index in [9.17, 15) is 9.59 Å². The zero-order chi connectivity index (χ0) is 18.7. The molecule has 0 saturated carbocycles. The van der Waals surface area contributed by atoms with Crippen LogP contribution in [0.3, 0.4) is 0 Å². The minimum Gasteiger partial charge on any atom is -0.493 e. The van der Waals surface area contributed by atoms with Crippen molar-refractivity contribution in [2.45, 2.75) is 13.5 Å². The second kappa shape index (κ2) is 7.26. The van der Waals surface area contributed by atoms with Crippen LogP contribution in [-0.4, -0.2) is 29.9 Å². The van der Waals surface area contributed by atoms with Crippen LogP contribution in [0.5, 0.6) is 11.5 Å². The van der Waals surface area contributed by atoms with E-state index in [0.29, 0.717) is 34.6 Å². The Morgan fingerprint density at radius 1 is 1.12 bits per heavy atom. The Morgan fingerprint density at radius 2 is 1.85 bits per heavy atom. The Hall–Kier alpha value is -3.35. The van der Waals surface area contributed by atoms with Gasteiger partial charge in [-0.25, -0.2) is 0 Å². The van der Waals surface area contributed by atoms with Crippen LogP contribution in [0.1, 0.15) is 17.4 Å². The number of methoxy groups -OCH3 is 2. The monoisotopic (exact) mass is 353 g/mol. The number of anilines is 1. The molecule has 2 aromatic carbocycles. The van der Waals surface area contributed by atoms with Gasteiger partial charge in [0.15, 0.2) is 17.2 Å². The van der Waals surface area contributed by atoms with Crippen LogP contribution in [0.15, 0.2) is 47.3 Å². The van der Waals surface area contributed by atoms with E-state index in [4.69, 9.17) is 9.47 Å². The summed E-state index contributed by atoms with van der Waals surface area (Å²) >= 11 is 0. The van der Waals surface area contributed by atoms with Crippen LogP contribution in [0.4, 0.5) is 5.69 Å². The van der Waals surface area contributed by atoms with Crippen LogP contribution in [-0.2, 0) is 6.54 Å². The number of aromatic nitrogens is 2. The summed E-state index contributed by atoms with van der Waals surface area (Å²) in [6.07, 6.45) is 0. The molecule has 7 nitrogen and oxygen atoms in total. The first-order valence-electron chi connectivity index (χ1n) is 8.12. The molecule has 0 radical (unpaired) electrons. The minimum absolute atomic E-state index is 0.152. The fourth-order valence-electron chi connectivity index (χ4n) is 2.73. The Labute approximate surface area is 150 Å². The molecule has 7 heteroatoms. The van der Waals surface area contributed by atoms with E-state index in [-0.39, 0.29) is 5.69 Å². The molecular weight excluding hydrogens is 334 g/mol. The molecule has 0 aliphatic carbocycles. The van der Waals surface area contributed by atoms with Crippen LogP contribution in [0, 0.1) is 0 Å². The van der Waals surface area contributed by atoms with Gasteiger partial charge < -0.3 is 14.8 Å². The molecule has 3 rings (SSSR count). The summed E-state index contributed by atoms with van der Waals surface area (Å²) < 4.78 is 12.0. The highest BCUT2D eigenvalue weighted by Gasteiger charge is 2.17. The molecule has 0 aliphatic rings. The molecule has 1 aromatic heterocycles. The van der Waals surface area contributed by atoms with Gasteiger partial charge in [-0.3, -0.25) is 14.3 Å². The second-order valence-corrected chi connectivity index (χ2v) is 5.53. The van der Waals surface area contributed by atoms with E-state index >= 15 is 0 Å². The van der Waals surface area contributed by atoms with E-state index < -0.39 is 11.3 Å². The van der Waals surface area contributed by atoms with Gasteiger partial charge in [-0.2, -0.15) is 5.10 Å². The Bertz CT molecular complexity index is 1030. The predicted octanol–water partition coefficient (Wildman–Crippen LogP) is 2.69. The van der Waals surface area contributed by atoms with Crippen molar-refractivity contribution in [2.24, 2.45) is 0 Å². The lowest BCUT2D eigenvalue weighted by Gasteiger charge is -2.12. The van der Waals surface area contributed by atoms with Crippen molar-refractivity contribution in [3.8, 4) is 11.5 Å². The van der Waals surface area contributed by atoms with Crippen LogP contribution in [0.2, 0.25) is 0 Å². The molecule has 0 unspecified atom stereocenters. The lowest BCUT2D eigenvalue weighted by atomic mass is 10.2. The zero-order valence-corrected chi connectivity index (χ0v) is 14.8. The molecule has 0 aliphatic heterocycles. The molecule has 3 aromatic rings. The summed E-state index contributed by atoms with van der Waals surface area (Å²) in [5.41, 5.74) is 0.622. The van der Waals surface area contributed by atoms with Crippen molar-refractivity contribution < 1.29 is 14.3 Å². The summed E-state index contributed by atoms with van der Waals surface area (Å²) in [4.78, 5) is 25.3. The lowest BCUT2D eigenvalue weighted by molar-refractivity contribution is 0.101. The SMILES string of the molecule is CCn1nc(C(=O)Nc2ccc(OC)c(OC)c2)c(=O)c2ccccc21. The summed E-state index contributed by atoms with van der Waals surface area (Å²) in [6, 6.07) is 12.1. The van der Waals surface area contributed by atoms with Gasteiger partial charge in [-0.15, -0.1) is 0 Å². The number of amides is 1. The van der Waals surface area contributed by atoms with Crippen LogP contribution in [0.25, 0.3) is 10.9 Å². The number of ether oxygens (including phenoxy) is 2. The largest absolute Gasteiger partial charge is 0.493 e. The Kier molecular flexibility index (Phi) is 4.88. The summed E-state index contributed by atoms with van der Waals surface area (Å²) in [5, 5.41) is 7.38. The van der Waals surface area contributed by atoms with Crippen molar-refractivity contribution in [2.75, 3.05) is 19.5 Å². The highest BCUT2D eigenvalue weighted by Crippen LogP contribution is 2.29. The molecular formula is C19H19N3O4. The summed E-state index contributed by atoms with van der Waals surface area (Å²) in [7, 11) is 3.04. The summed E-state index contributed by atoms with van der Waals surface area (Å²) in [6.45, 7) is 2.44. The average molecular weight is 353 g/mol. The predicted molar refractivity (Wildman–Crippen MR) is 99.2 cm³/mol. The molecule has 0 atom stereocenters. The standard InChI is InChI=1S/C19H19N3O4/c1-4-22-14-8-6-5-7-13(14)18(23)17(21-22)19(24)20-12-9-10-15(25-2)16(11-12)26-3/h5-11H,4H2,1-3H3,(H,20,24). The number of hydrogen-bond donors (Lipinski definition) is 1. The number of fused-ring (bicyclic) bond motifs is 1. The number of carbonyl (C=O) groups excluding carboxylic acids is 1. The maximum atomic E-state index is 12.7. The van der Waals surface area contributed by atoms with Crippen molar-refractivity contribution in [1.82, 2.24) is 9.78 Å². The maximum absolute atomic E-state index is 12.7. The number of hydrogen-bond acceptors (Lipinski definition) is 5. The molecule has 1 N–H and O–H groups in total. The molecule has 0 spiro atoms. The van der Waals surface area contributed by atoms with E-state index in [2.05, 4.69) is 10.4 Å². The average Bonchev–Trinajstić information content (AvgIpc) is 2.68. The van der Waals surface area contributed by atoms with Crippen LogP contribution < -0.4 is 20.2 Å². The number of nitrogens with zero attached hydrogens (tertiary/aromatic N) is 2. The molecule has 1 heterocycles. The highest BCUT2D eigenvalue weighted by atomic mass is 16.5. The number of para-hydroxylation sites is 1. The normalized spacial score (nSPS) is 10.6. The molecule has 0 saturated heterocycles. The lowest BCUT2D eigenvalue weighted by Crippen LogP contribution is -2.27. The quantitative estimate of drug-likeness (QED) is 0.762. The first kappa shape index (κ1) is 17.5. The van der Waals surface area contributed by atoms with Crippen molar-refractivity contribution in [3.63, 3.8) is 0 Å². The maximum Gasteiger partial charge on any atom is 0.280 e. The topological polar surface area (TPSA) is 82.5 Å². The Morgan fingerprint density at radius 3 is 2.54 bits per heavy atom. The fraction of sp³-hybridized carbons (Fsp3) is 0.211. The van der Waals surface area contributed by atoms with Gasteiger partial charge in [0, 0.05) is 23.7 Å². The summed E-state index contributed by atoms with van der Waals surface area (Å²) in [5.74, 6) is 0.445. The third-order valence-electron chi connectivity index (χ3n) is 4.02. The smallest absolute Gasteiger partial charge is 0.280 e. The van der Waals surface area contributed by atoms with Gasteiger partial charge in [0.1, 0.15) is 0 Å². The number of nitrogens with one attached hydrogen (secondary N) is 1. The number of carbonyl (C=O) groups is 1. The van der Waals surface area contributed by atoms with Crippen molar-refractivity contribution in [3.05, 3.63) is 58.4 Å². The van der Waals surface area contributed by atoms with Crippen molar-refractivity contribution in [1.29, 1.82) is 0 Å². The van der Waals surface area contributed by atoms with E-state index in [1.165, 1.54) is 14.2 Å². The van der Waals surface area contributed by atoms with Gasteiger partial charge in [0.25, 0.3) is 5.91 Å².